The molecule has 0 atom stereocenters. The molecule has 7 nitrogen and oxygen atoms in total. The normalized spacial score (nSPS) is 16.4. The number of nitrogens with zero attached hydrogens (tertiary/aromatic N) is 2. The number of fused-ring (bicyclic) bond motifs is 2. The fourth-order valence-corrected chi connectivity index (χ4v) is 5.02. The van der Waals surface area contributed by atoms with E-state index in [4.69, 9.17) is 14.2 Å². The summed E-state index contributed by atoms with van der Waals surface area (Å²) in [6, 6.07) is 13.8. The second-order valence-corrected chi connectivity index (χ2v) is 9.53. The van der Waals surface area contributed by atoms with Gasteiger partial charge in [-0.2, -0.15) is 0 Å². The molecule has 0 saturated carbocycles. The molecule has 1 N–H and O–H groups in total. The molecule has 0 unspecified atom stereocenters. The number of likely N-dealkylation sites (tertiary alicyclic amines) is 1. The van der Waals surface area contributed by atoms with Crippen LogP contribution in [-0.4, -0.2) is 55.7 Å². The average molecular weight is 526 g/mol. The molecule has 2 aromatic carbocycles. The summed E-state index contributed by atoms with van der Waals surface area (Å²) in [7, 11) is 1.59. The van der Waals surface area contributed by atoms with Gasteiger partial charge in [-0.15, -0.1) is 0 Å². The molecule has 178 valence electrons. The van der Waals surface area contributed by atoms with E-state index in [1.165, 1.54) is 5.56 Å². The van der Waals surface area contributed by atoms with Crippen LogP contribution in [0.3, 0.4) is 0 Å². The average Bonchev–Trinajstić information content (AvgIpc) is 2.89. The SMILES string of the molecule is COc1ccc2c(Br)ccc(NC(=O)C3CCN(CCc4ccc5c(c4)OCCO5)CC3)c2n1. The summed E-state index contributed by atoms with van der Waals surface area (Å²) in [5.41, 5.74) is 2.68. The Morgan fingerprint density at radius 1 is 1.12 bits per heavy atom. The Morgan fingerprint density at radius 2 is 1.91 bits per heavy atom. The molecule has 0 radical (unpaired) electrons. The summed E-state index contributed by atoms with van der Waals surface area (Å²) in [5, 5.41) is 4.05. The second kappa shape index (κ2) is 10.2. The smallest absolute Gasteiger partial charge is 0.227 e. The van der Waals surface area contributed by atoms with Crippen LogP contribution >= 0.6 is 15.9 Å². The van der Waals surface area contributed by atoms with Gasteiger partial charge in [0.15, 0.2) is 11.5 Å². The number of hydrogen-bond donors (Lipinski definition) is 1. The van der Waals surface area contributed by atoms with Crippen LogP contribution in [0.25, 0.3) is 10.9 Å². The van der Waals surface area contributed by atoms with Crippen molar-refractivity contribution in [2.24, 2.45) is 5.92 Å². The van der Waals surface area contributed by atoms with E-state index < -0.39 is 0 Å². The van der Waals surface area contributed by atoms with Crippen LogP contribution in [0.2, 0.25) is 0 Å². The number of pyridine rings is 1. The van der Waals surface area contributed by atoms with E-state index in [0.29, 0.717) is 24.8 Å². The molecule has 1 fully saturated rings. The molecule has 1 saturated heterocycles. The maximum atomic E-state index is 13.0. The third kappa shape index (κ3) is 4.98. The molecule has 1 amide bonds. The molecule has 2 aliphatic rings. The molecule has 5 rings (SSSR count). The minimum atomic E-state index is -0.00477. The Hall–Kier alpha value is -2.84. The zero-order valence-electron chi connectivity index (χ0n) is 19.2. The number of methoxy groups -OCH3 is 1. The highest BCUT2D eigenvalue weighted by atomic mass is 79.9. The summed E-state index contributed by atoms with van der Waals surface area (Å²) in [6.07, 6.45) is 2.64. The van der Waals surface area contributed by atoms with Gasteiger partial charge in [-0.05, 0) is 68.2 Å². The molecular weight excluding hydrogens is 498 g/mol. The van der Waals surface area contributed by atoms with Gasteiger partial charge in [-0.25, -0.2) is 4.98 Å². The number of hydrogen-bond acceptors (Lipinski definition) is 6. The lowest BCUT2D eigenvalue weighted by molar-refractivity contribution is -0.121. The van der Waals surface area contributed by atoms with Gasteiger partial charge in [0.05, 0.1) is 18.3 Å². The predicted molar refractivity (Wildman–Crippen MR) is 135 cm³/mol. The Bertz CT molecular complexity index is 1190. The Labute approximate surface area is 207 Å². The number of rotatable bonds is 6. The maximum absolute atomic E-state index is 13.0. The number of carbonyl (C=O) groups is 1. The zero-order valence-corrected chi connectivity index (χ0v) is 20.8. The van der Waals surface area contributed by atoms with Gasteiger partial charge in [0, 0.05) is 28.4 Å². The van der Waals surface area contributed by atoms with E-state index in [2.05, 4.69) is 43.3 Å². The van der Waals surface area contributed by atoms with Crippen LogP contribution in [0.4, 0.5) is 5.69 Å². The van der Waals surface area contributed by atoms with Gasteiger partial charge in [0.25, 0.3) is 0 Å². The molecule has 2 aliphatic heterocycles. The molecule has 8 heteroatoms. The minimum Gasteiger partial charge on any atom is -0.486 e. The number of anilines is 1. The van der Waals surface area contributed by atoms with Gasteiger partial charge in [0.1, 0.15) is 13.2 Å². The first kappa shape index (κ1) is 22.9. The number of carbonyl (C=O) groups excluding carboxylic acids is 1. The molecule has 0 bridgehead atoms. The summed E-state index contributed by atoms with van der Waals surface area (Å²) >= 11 is 3.56. The number of benzene rings is 2. The van der Waals surface area contributed by atoms with Gasteiger partial charge < -0.3 is 24.4 Å². The van der Waals surface area contributed by atoms with Crippen molar-refractivity contribution in [1.82, 2.24) is 9.88 Å². The van der Waals surface area contributed by atoms with Crippen LogP contribution in [0.5, 0.6) is 17.4 Å². The van der Waals surface area contributed by atoms with Crippen molar-refractivity contribution in [1.29, 1.82) is 0 Å². The number of halogens is 1. The van der Waals surface area contributed by atoms with Crippen LogP contribution in [0.1, 0.15) is 18.4 Å². The van der Waals surface area contributed by atoms with Gasteiger partial charge in [0.2, 0.25) is 11.8 Å². The van der Waals surface area contributed by atoms with Crippen molar-refractivity contribution < 1.29 is 19.0 Å². The fourth-order valence-electron chi connectivity index (χ4n) is 4.56. The first-order chi connectivity index (χ1) is 16.6. The largest absolute Gasteiger partial charge is 0.486 e. The summed E-state index contributed by atoms with van der Waals surface area (Å²) in [6.45, 7) is 4.00. The lowest BCUT2D eigenvalue weighted by atomic mass is 9.95. The second-order valence-electron chi connectivity index (χ2n) is 8.68. The lowest BCUT2D eigenvalue weighted by Crippen LogP contribution is -2.39. The first-order valence-corrected chi connectivity index (χ1v) is 12.4. The van der Waals surface area contributed by atoms with Gasteiger partial charge >= 0.3 is 0 Å². The minimum absolute atomic E-state index is 0.00477. The van der Waals surface area contributed by atoms with Crippen molar-refractivity contribution in [2.75, 3.05) is 45.3 Å². The molecule has 3 aromatic rings. The highest BCUT2D eigenvalue weighted by molar-refractivity contribution is 9.10. The van der Waals surface area contributed by atoms with E-state index in [9.17, 15) is 4.79 Å². The monoisotopic (exact) mass is 525 g/mol. The number of amides is 1. The van der Waals surface area contributed by atoms with E-state index >= 15 is 0 Å². The lowest BCUT2D eigenvalue weighted by Gasteiger charge is -2.31. The Balaban J connectivity index is 1.16. The molecular formula is C26H28BrN3O4. The Morgan fingerprint density at radius 3 is 2.71 bits per heavy atom. The standard InChI is InChI=1S/C26H28BrN3O4/c1-32-24-7-3-19-20(27)4-5-21(25(19)29-24)28-26(31)18-9-12-30(13-10-18)11-8-17-2-6-22-23(16-17)34-15-14-33-22/h2-7,16,18H,8-15H2,1H3,(H,28,31). The molecule has 0 aliphatic carbocycles. The summed E-state index contributed by atoms with van der Waals surface area (Å²) in [5.74, 6) is 2.24. The van der Waals surface area contributed by atoms with Gasteiger partial charge in [-0.3, -0.25) is 4.79 Å². The van der Waals surface area contributed by atoms with Crippen LogP contribution < -0.4 is 19.5 Å². The topological polar surface area (TPSA) is 72.9 Å². The number of ether oxygens (including phenoxy) is 3. The third-order valence-corrected chi connectivity index (χ3v) is 7.22. The van der Waals surface area contributed by atoms with Crippen LogP contribution in [-0.2, 0) is 11.2 Å². The highest BCUT2D eigenvalue weighted by Gasteiger charge is 2.25. The highest BCUT2D eigenvalue weighted by Crippen LogP contribution is 2.32. The summed E-state index contributed by atoms with van der Waals surface area (Å²) in [4.78, 5) is 20.0. The third-order valence-electron chi connectivity index (χ3n) is 6.53. The molecule has 0 spiro atoms. The first-order valence-electron chi connectivity index (χ1n) is 11.7. The van der Waals surface area contributed by atoms with E-state index in [1.807, 2.05) is 30.3 Å². The van der Waals surface area contributed by atoms with Crippen LogP contribution in [0, 0.1) is 5.92 Å². The van der Waals surface area contributed by atoms with Crippen molar-refractivity contribution in [3.05, 3.63) is 52.5 Å². The van der Waals surface area contributed by atoms with E-state index in [-0.39, 0.29) is 11.8 Å². The summed E-state index contributed by atoms with van der Waals surface area (Å²) < 4.78 is 17.5. The van der Waals surface area contributed by atoms with Gasteiger partial charge in [-0.1, -0.05) is 22.0 Å². The number of piperidine rings is 1. The quantitative estimate of drug-likeness (QED) is 0.504. The fraction of sp³-hybridized carbons (Fsp3) is 0.385. The molecule has 3 heterocycles. The number of aromatic nitrogens is 1. The van der Waals surface area contributed by atoms with Crippen molar-refractivity contribution in [3.8, 4) is 17.4 Å². The van der Waals surface area contributed by atoms with E-state index in [0.717, 1.165) is 65.8 Å². The maximum Gasteiger partial charge on any atom is 0.227 e. The predicted octanol–water partition coefficient (Wildman–Crippen LogP) is 4.67. The zero-order chi connectivity index (χ0) is 23.5. The number of nitrogens with one attached hydrogen (secondary N) is 1. The van der Waals surface area contributed by atoms with Crippen molar-refractivity contribution in [2.45, 2.75) is 19.3 Å². The van der Waals surface area contributed by atoms with Crippen LogP contribution in [0.15, 0.2) is 46.9 Å². The van der Waals surface area contributed by atoms with Crippen molar-refractivity contribution >= 4 is 38.4 Å². The molecule has 34 heavy (non-hydrogen) atoms. The molecule has 1 aromatic heterocycles. The van der Waals surface area contributed by atoms with Crippen molar-refractivity contribution in [3.63, 3.8) is 0 Å². The Kier molecular flexibility index (Phi) is 6.87. The van der Waals surface area contributed by atoms with E-state index in [1.54, 1.807) is 7.11 Å².